The normalized spacial score (nSPS) is 43.6. The Hall–Kier alpha value is -2.35. The van der Waals surface area contributed by atoms with Crippen LogP contribution in [0.1, 0.15) is 26.2 Å². The van der Waals surface area contributed by atoms with Gasteiger partial charge in [0.25, 0.3) is 0 Å². The SMILES string of the molecule is C=C[C@H]1[C@H](O[C@@H]2O[C@H](CO)[C@@H](O)[C@H](O)[C@@H]2O)OC=C(C(=O)O[C@H]2C[C@@H]3CC(=O)OC[C@H]3[C@H]2C)[C@H]1CC=O. The lowest BCUT2D eigenvalue weighted by molar-refractivity contribution is -0.339. The van der Waals surface area contributed by atoms with E-state index in [0.29, 0.717) is 19.3 Å². The summed E-state index contributed by atoms with van der Waals surface area (Å²) in [5, 5.41) is 39.7. The van der Waals surface area contributed by atoms with E-state index in [1.54, 1.807) is 0 Å². The predicted molar refractivity (Wildman–Crippen MR) is 122 cm³/mol. The van der Waals surface area contributed by atoms with Crippen molar-refractivity contribution in [3.05, 3.63) is 24.5 Å². The van der Waals surface area contributed by atoms with Crippen LogP contribution in [0.5, 0.6) is 0 Å². The van der Waals surface area contributed by atoms with Crippen molar-refractivity contribution in [2.24, 2.45) is 29.6 Å². The summed E-state index contributed by atoms with van der Waals surface area (Å²) in [5.41, 5.74) is 0.111. The van der Waals surface area contributed by atoms with Crippen LogP contribution in [0.4, 0.5) is 0 Å². The quantitative estimate of drug-likeness (QED) is 0.176. The Labute approximate surface area is 213 Å². The first kappa shape index (κ1) is 27.7. The van der Waals surface area contributed by atoms with E-state index >= 15 is 0 Å². The van der Waals surface area contributed by atoms with Crippen LogP contribution in [0.25, 0.3) is 0 Å². The Balaban J connectivity index is 1.47. The number of hydrogen-bond donors (Lipinski definition) is 4. The van der Waals surface area contributed by atoms with Crippen LogP contribution in [0, 0.1) is 29.6 Å². The third-order valence-electron chi connectivity index (χ3n) is 8.01. The van der Waals surface area contributed by atoms with Crippen molar-refractivity contribution >= 4 is 18.2 Å². The van der Waals surface area contributed by atoms with E-state index in [0.717, 1.165) is 6.26 Å². The molecule has 0 aromatic heterocycles. The van der Waals surface area contributed by atoms with Gasteiger partial charge in [-0.25, -0.2) is 4.79 Å². The summed E-state index contributed by atoms with van der Waals surface area (Å²) in [6, 6.07) is 0. The first-order valence-corrected chi connectivity index (χ1v) is 12.4. The molecular weight excluding hydrogens is 492 g/mol. The number of aliphatic hydroxyl groups excluding tert-OH is 4. The first-order valence-electron chi connectivity index (χ1n) is 12.4. The monoisotopic (exact) mass is 526 g/mol. The second-order valence-electron chi connectivity index (χ2n) is 10.1. The molecule has 0 bridgehead atoms. The van der Waals surface area contributed by atoms with Crippen molar-refractivity contribution in [3.63, 3.8) is 0 Å². The van der Waals surface area contributed by atoms with Crippen molar-refractivity contribution < 1.29 is 58.5 Å². The molecule has 1 saturated carbocycles. The molecule has 2 saturated heterocycles. The molecule has 206 valence electrons. The Bertz CT molecular complexity index is 902. The fourth-order valence-electron chi connectivity index (χ4n) is 5.75. The van der Waals surface area contributed by atoms with E-state index in [2.05, 4.69) is 6.58 Å². The minimum Gasteiger partial charge on any atom is -0.471 e. The highest BCUT2D eigenvalue weighted by atomic mass is 16.8. The molecular formula is C25H34O12. The first-order chi connectivity index (χ1) is 17.7. The number of rotatable bonds is 8. The highest BCUT2D eigenvalue weighted by Crippen LogP contribution is 2.44. The van der Waals surface area contributed by atoms with Gasteiger partial charge in [-0.05, 0) is 18.3 Å². The second kappa shape index (κ2) is 11.6. The lowest BCUT2D eigenvalue weighted by Gasteiger charge is -2.43. The number of ether oxygens (including phenoxy) is 5. The molecule has 4 rings (SSSR count). The lowest BCUT2D eigenvalue weighted by atomic mass is 9.82. The third kappa shape index (κ3) is 5.45. The average Bonchev–Trinajstić information content (AvgIpc) is 3.18. The molecule has 3 aliphatic heterocycles. The molecule has 37 heavy (non-hydrogen) atoms. The van der Waals surface area contributed by atoms with E-state index in [-0.39, 0.29) is 42.1 Å². The van der Waals surface area contributed by atoms with Crippen LogP contribution >= 0.6 is 0 Å². The number of cyclic esters (lactones) is 1. The predicted octanol–water partition coefficient (Wildman–Crippen LogP) is -0.819. The van der Waals surface area contributed by atoms with Crippen LogP contribution in [-0.2, 0) is 38.1 Å². The van der Waals surface area contributed by atoms with Gasteiger partial charge in [-0.3, -0.25) is 4.79 Å². The number of aliphatic hydroxyl groups is 4. The molecule has 0 aromatic carbocycles. The zero-order valence-corrected chi connectivity index (χ0v) is 20.5. The third-order valence-corrected chi connectivity index (χ3v) is 8.01. The van der Waals surface area contributed by atoms with Crippen LogP contribution < -0.4 is 0 Å². The van der Waals surface area contributed by atoms with Gasteiger partial charge in [-0.1, -0.05) is 13.0 Å². The van der Waals surface area contributed by atoms with Gasteiger partial charge in [-0.15, -0.1) is 6.58 Å². The average molecular weight is 527 g/mol. The summed E-state index contributed by atoms with van der Waals surface area (Å²) in [6.45, 7) is 5.39. The Kier molecular flexibility index (Phi) is 8.66. The van der Waals surface area contributed by atoms with Crippen molar-refractivity contribution in [1.29, 1.82) is 0 Å². The van der Waals surface area contributed by atoms with Gasteiger partial charge >= 0.3 is 11.9 Å². The van der Waals surface area contributed by atoms with Gasteiger partial charge in [0.2, 0.25) is 6.29 Å². The van der Waals surface area contributed by atoms with Gasteiger partial charge in [0.15, 0.2) is 6.29 Å². The summed E-state index contributed by atoms with van der Waals surface area (Å²) in [7, 11) is 0. The fourth-order valence-corrected chi connectivity index (χ4v) is 5.75. The minimum atomic E-state index is -1.66. The van der Waals surface area contributed by atoms with Crippen molar-refractivity contribution in [2.45, 2.75) is 69.3 Å². The Morgan fingerprint density at radius 3 is 2.65 bits per heavy atom. The van der Waals surface area contributed by atoms with Crippen molar-refractivity contribution in [1.82, 2.24) is 0 Å². The molecule has 0 aromatic rings. The number of carbonyl (C=O) groups is 3. The maximum atomic E-state index is 13.2. The van der Waals surface area contributed by atoms with E-state index in [1.165, 1.54) is 6.08 Å². The summed E-state index contributed by atoms with van der Waals surface area (Å²) in [4.78, 5) is 36.4. The molecule has 4 N–H and O–H groups in total. The van der Waals surface area contributed by atoms with Crippen LogP contribution in [0.3, 0.4) is 0 Å². The molecule has 4 aliphatic rings. The summed E-state index contributed by atoms with van der Waals surface area (Å²) < 4.78 is 27.7. The molecule has 12 heteroatoms. The van der Waals surface area contributed by atoms with Crippen LogP contribution in [0.2, 0.25) is 0 Å². The summed E-state index contributed by atoms with van der Waals surface area (Å²) in [5.74, 6) is -2.23. The van der Waals surface area contributed by atoms with E-state index < -0.39 is 67.5 Å². The largest absolute Gasteiger partial charge is 0.471 e. The van der Waals surface area contributed by atoms with Crippen molar-refractivity contribution in [3.8, 4) is 0 Å². The Morgan fingerprint density at radius 2 is 1.97 bits per heavy atom. The van der Waals surface area contributed by atoms with E-state index in [1.807, 2.05) is 6.92 Å². The minimum absolute atomic E-state index is 0.0193. The molecule has 0 unspecified atom stereocenters. The van der Waals surface area contributed by atoms with Gasteiger partial charge in [0.1, 0.15) is 36.8 Å². The van der Waals surface area contributed by atoms with Gasteiger partial charge < -0.3 is 48.9 Å². The summed E-state index contributed by atoms with van der Waals surface area (Å²) >= 11 is 0. The maximum absolute atomic E-state index is 13.2. The number of carbonyl (C=O) groups excluding carboxylic acids is 3. The van der Waals surface area contributed by atoms with E-state index in [9.17, 15) is 34.8 Å². The highest BCUT2D eigenvalue weighted by molar-refractivity contribution is 5.89. The maximum Gasteiger partial charge on any atom is 0.337 e. The van der Waals surface area contributed by atoms with Crippen LogP contribution in [-0.4, -0.2) is 95.0 Å². The number of fused-ring (bicyclic) bond motifs is 1. The number of esters is 2. The van der Waals surface area contributed by atoms with E-state index in [4.69, 9.17) is 23.7 Å². The fraction of sp³-hybridized carbons (Fsp3) is 0.720. The molecule has 0 amide bonds. The van der Waals surface area contributed by atoms with Crippen molar-refractivity contribution in [2.75, 3.05) is 13.2 Å². The zero-order valence-electron chi connectivity index (χ0n) is 20.5. The molecule has 0 spiro atoms. The standard InChI is InChI=1S/C25H34O12/c1-3-13-14(4-5-26)16(23(32)35-17-6-12-7-19(28)33-9-15(12)11(17)2)10-34-24(13)37-25-22(31)21(30)20(29)18(8-27)36-25/h3,5,10-15,17-18,20-22,24-25,27,29-31H,1,4,6-9H2,2H3/t11-,12-,13-,14+,15+,17+,18-,20-,21+,22+,24+,25+/m1/s1. The highest BCUT2D eigenvalue weighted by Gasteiger charge is 2.49. The van der Waals surface area contributed by atoms with Gasteiger partial charge in [0.05, 0.1) is 25.0 Å². The molecule has 0 radical (unpaired) electrons. The molecule has 12 atom stereocenters. The molecule has 3 heterocycles. The molecule has 12 nitrogen and oxygen atoms in total. The zero-order chi connectivity index (χ0) is 26.9. The topological polar surface area (TPSA) is 178 Å². The molecule has 3 fully saturated rings. The second-order valence-corrected chi connectivity index (χ2v) is 10.1. The smallest absolute Gasteiger partial charge is 0.337 e. The summed E-state index contributed by atoms with van der Waals surface area (Å²) in [6.07, 6.45) is -5.14. The number of hydrogen-bond acceptors (Lipinski definition) is 12. The lowest BCUT2D eigenvalue weighted by Crippen LogP contribution is -2.60. The van der Waals surface area contributed by atoms with Gasteiger partial charge in [-0.2, -0.15) is 0 Å². The Morgan fingerprint density at radius 1 is 1.22 bits per heavy atom. The van der Waals surface area contributed by atoms with Gasteiger partial charge in [0, 0.05) is 30.6 Å². The van der Waals surface area contributed by atoms with Crippen LogP contribution in [0.15, 0.2) is 24.5 Å². The molecule has 1 aliphatic carbocycles. The number of aldehydes is 1.